The lowest BCUT2D eigenvalue weighted by molar-refractivity contribution is -0.145. The largest absolute Gasteiger partial charge is 0.381 e. The van der Waals surface area contributed by atoms with Crippen LogP contribution in [0.3, 0.4) is 0 Å². The fourth-order valence-electron chi connectivity index (χ4n) is 3.05. The second-order valence-corrected chi connectivity index (χ2v) is 5.84. The third-order valence-corrected chi connectivity index (χ3v) is 4.19. The fraction of sp³-hybridized carbons (Fsp3) is 0.643. The number of hydrogen-bond donors (Lipinski definition) is 0. The summed E-state index contributed by atoms with van der Waals surface area (Å²) in [4.78, 5) is 6.38. The molecule has 0 aromatic carbocycles. The minimum Gasteiger partial charge on any atom is -0.381 e. The van der Waals surface area contributed by atoms with E-state index >= 15 is 0 Å². The summed E-state index contributed by atoms with van der Waals surface area (Å²) in [5.74, 6) is 0. The first-order chi connectivity index (χ1) is 9.19. The van der Waals surface area contributed by atoms with Crippen molar-refractivity contribution in [3.8, 4) is 0 Å². The maximum absolute atomic E-state index is 6.26. The van der Waals surface area contributed by atoms with Gasteiger partial charge in [-0.3, -0.25) is 4.98 Å². The SMILES string of the molecule is C[C@@H]1CN(c2ccncc2Cl)CC2(CCOCC2)O1. The first kappa shape index (κ1) is 13.2. The molecule has 19 heavy (non-hydrogen) atoms. The van der Waals surface area contributed by atoms with Crippen LogP contribution in [0.4, 0.5) is 5.69 Å². The lowest BCUT2D eigenvalue weighted by Crippen LogP contribution is -2.57. The molecule has 1 atom stereocenters. The topological polar surface area (TPSA) is 34.6 Å². The van der Waals surface area contributed by atoms with Crippen molar-refractivity contribution in [3.05, 3.63) is 23.5 Å². The van der Waals surface area contributed by atoms with Crippen LogP contribution in [0, 0.1) is 0 Å². The number of pyridine rings is 1. The molecule has 0 amide bonds. The van der Waals surface area contributed by atoms with Crippen LogP contribution in [0.2, 0.25) is 5.02 Å². The van der Waals surface area contributed by atoms with E-state index in [1.165, 1.54) is 0 Å². The quantitative estimate of drug-likeness (QED) is 0.793. The molecule has 3 rings (SSSR count). The molecule has 0 radical (unpaired) electrons. The summed E-state index contributed by atoms with van der Waals surface area (Å²) in [5, 5.41) is 0.707. The van der Waals surface area contributed by atoms with Gasteiger partial charge >= 0.3 is 0 Å². The van der Waals surface area contributed by atoms with Gasteiger partial charge in [0.05, 0.1) is 22.4 Å². The molecule has 0 N–H and O–H groups in total. The predicted molar refractivity (Wildman–Crippen MR) is 74.8 cm³/mol. The predicted octanol–water partition coefficient (Wildman–Crippen LogP) is 2.51. The standard InChI is InChI=1S/C14H19ClN2O2/c1-11-9-17(13-2-5-16-8-12(13)15)10-14(19-11)3-6-18-7-4-14/h2,5,8,11H,3-4,6-7,9-10H2,1H3/t11-/m1/s1. The highest BCUT2D eigenvalue weighted by Gasteiger charge is 2.41. The van der Waals surface area contributed by atoms with Crippen molar-refractivity contribution in [2.45, 2.75) is 31.5 Å². The maximum Gasteiger partial charge on any atom is 0.0904 e. The summed E-state index contributed by atoms with van der Waals surface area (Å²) < 4.78 is 11.7. The zero-order valence-corrected chi connectivity index (χ0v) is 11.9. The molecule has 104 valence electrons. The number of morpholine rings is 1. The van der Waals surface area contributed by atoms with E-state index in [1.807, 2.05) is 6.07 Å². The minimum atomic E-state index is -0.0808. The Morgan fingerprint density at radius 3 is 2.95 bits per heavy atom. The monoisotopic (exact) mass is 282 g/mol. The van der Waals surface area contributed by atoms with Gasteiger partial charge < -0.3 is 14.4 Å². The van der Waals surface area contributed by atoms with Gasteiger partial charge in [0.15, 0.2) is 0 Å². The van der Waals surface area contributed by atoms with E-state index in [9.17, 15) is 0 Å². The van der Waals surface area contributed by atoms with Gasteiger partial charge in [0.1, 0.15) is 0 Å². The molecule has 3 heterocycles. The van der Waals surface area contributed by atoms with Crippen LogP contribution in [0.5, 0.6) is 0 Å². The van der Waals surface area contributed by atoms with E-state index in [-0.39, 0.29) is 11.7 Å². The fourth-order valence-corrected chi connectivity index (χ4v) is 3.29. The van der Waals surface area contributed by atoms with Crippen LogP contribution in [0.25, 0.3) is 0 Å². The Morgan fingerprint density at radius 1 is 1.42 bits per heavy atom. The lowest BCUT2D eigenvalue weighted by atomic mass is 9.91. The van der Waals surface area contributed by atoms with Crippen molar-refractivity contribution in [2.24, 2.45) is 0 Å². The second-order valence-electron chi connectivity index (χ2n) is 5.43. The van der Waals surface area contributed by atoms with Crippen LogP contribution in [-0.2, 0) is 9.47 Å². The molecule has 0 bridgehead atoms. The number of anilines is 1. The van der Waals surface area contributed by atoms with E-state index in [0.29, 0.717) is 5.02 Å². The number of halogens is 1. The Bertz CT molecular complexity index is 449. The maximum atomic E-state index is 6.26. The molecule has 1 aromatic rings. The average Bonchev–Trinajstić information content (AvgIpc) is 2.39. The zero-order valence-electron chi connectivity index (χ0n) is 11.1. The molecule has 0 saturated carbocycles. The average molecular weight is 283 g/mol. The Hall–Kier alpha value is -0.840. The van der Waals surface area contributed by atoms with Gasteiger partial charge in [0.25, 0.3) is 0 Å². The van der Waals surface area contributed by atoms with Gasteiger partial charge in [-0.25, -0.2) is 0 Å². The van der Waals surface area contributed by atoms with Crippen LogP contribution >= 0.6 is 11.6 Å². The highest BCUT2D eigenvalue weighted by atomic mass is 35.5. The van der Waals surface area contributed by atoms with Gasteiger partial charge in [0.2, 0.25) is 0 Å². The molecule has 0 unspecified atom stereocenters. The molecule has 1 spiro atoms. The number of hydrogen-bond acceptors (Lipinski definition) is 4. The molecule has 5 heteroatoms. The van der Waals surface area contributed by atoms with Gasteiger partial charge in [-0.2, -0.15) is 0 Å². The summed E-state index contributed by atoms with van der Waals surface area (Å²) in [5.41, 5.74) is 0.973. The summed E-state index contributed by atoms with van der Waals surface area (Å²) in [6.45, 7) is 5.44. The van der Waals surface area contributed by atoms with E-state index in [0.717, 1.165) is 44.8 Å². The molecule has 0 aliphatic carbocycles. The van der Waals surface area contributed by atoms with Gasteiger partial charge in [-0.1, -0.05) is 11.6 Å². The Kier molecular flexibility index (Phi) is 3.65. The van der Waals surface area contributed by atoms with Crippen molar-refractivity contribution in [1.29, 1.82) is 0 Å². The zero-order chi connectivity index (χ0) is 13.3. The van der Waals surface area contributed by atoms with E-state index in [1.54, 1.807) is 12.4 Å². The van der Waals surface area contributed by atoms with Crippen molar-refractivity contribution in [2.75, 3.05) is 31.2 Å². The van der Waals surface area contributed by atoms with Crippen molar-refractivity contribution in [1.82, 2.24) is 4.98 Å². The highest BCUT2D eigenvalue weighted by molar-refractivity contribution is 6.33. The minimum absolute atomic E-state index is 0.0808. The van der Waals surface area contributed by atoms with Crippen LogP contribution in [0.1, 0.15) is 19.8 Å². The molecule has 1 aromatic heterocycles. The number of rotatable bonds is 1. The second kappa shape index (κ2) is 5.27. The first-order valence-electron chi connectivity index (χ1n) is 6.79. The van der Waals surface area contributed by atoms with Crippen molar-refractivity contribution in [3.63, 3.8) is 0 Å². The summed E-state index contributed by atoms with van der Waals surface area (Å²) in [6.07, 6.45) is 5.61. The summed E-state index contributed by atoms with van der Waals surface area (Å²) in [6, 6.07) is 1.98. The van der Waals surface area contributed by atoms with Crippen molar-refractivity contribution >= 4 is 17.3 Å². The van der Waals surface area contributed by atoms with Crippen LogP contribution < -0.4 is 4.90 Å². The van der Waals surface area contributed by atoms with Gasteiger partial charge in [-0.05, 0) is 13.0 Å². The molecule has 2 aliphatic rings. The molecule has 4 nitrogen and oxygen atoms in total. The Balaban J connectivity index is 1.84. The first-order valence-corrected chi connectivity index (χ1v) is 7.16. The van der Waals surface area contributed by atoms with Crippen LogP contribution in [0.15, 0.2) is 18.5 Å². The number of ether oxygens (including phenoxy) is 2. The Morgan fingerprint density at radius 2 is 2.21 bits per heavy atom. The molecule has 2 saturated heterocycles. The Labute approximate surface area is 118 Å². The summed E-state index contributed by atoms with van der Waals surface area (Å²) >= 11 is 6.26. The molecule has 2 fully saturated rings. The molecular formula is C14H19ClN2O2. The van der Waals surface area contributed by atoms with Crippen LogP contribution in [-0.4, -0.2) is 43.0 Å². The normalized spacial score (nSPS) is 26.6. The lowest BCUT2D eigenvalue weighted by Gasteiger charge is -2.48. The smallest absolute Gasteiger partial charge is 0.0904 e. The van der Waals surface area contributed by atoms with E-state index in [2.05, 4.69) is 16.8 Å². The van der Waals surface area contributed by atoms with Gasteiger partial charge in [-0.15, -0.1) is 0 Å². The molecular weight excluding hydrogens is 264 g/mol. The third kappa shape index (κ3) is 2.71. The number of nitrogens with zero attached hydrogens (tertiary/aromatic N) is 2. The highest BCUT2D eigenvalue weighted by Crippen LogP contribution is 2.35. The third-order valence-electron chi connectivity index (χ3n) is 3.90. The molecule has 2 aliphatic heterocycles. The summed E-state index contributed by atoms with van der Waals surface area (Å²) in [7, 11) is 0. The van der Waals surface area contributed by atoms with Gasteiger partial charge in [0, 0.05) is 51.5 Å². The van der Waals surface area contributed by atoms with E-state index in [4.69, 9.17) is 21.1 Å². The number of aromatic nitrogens is 1. The van der Waals surface area contributed by atoms with E-state index < -0.39 is 0 Å². The van der Waals surface area contributed by atoms with Crippen molar-refractivity contribution < 1.29 is 9.47 Å².